The summed E-state index contributed by atoms with van der Waals surface area (Å²) in [5.41, 5.74) is 8.24. The van der Waals surface area contributed by atoms with Gasteiger partial charge in [0.15, 0.2) is 0 Å². The molecule has 0 unspecified atom stereocenters. The fourth-order valence-corrected chi connectivity index (χ4v) is 2.55. The standard InChI is InChI=1S/C8H11NS.ClH/c9-7-5-10-8-4-2-1-3-6(7)8;/h5H,1-4,9H2;1H. The third-order valence-electron chi connectivity index (χ3n) is 2.09. The van der Waals surface area contributed by atoms with Crippen LogP contribution in [0.2, 0.25) is 0 Å². The Morgan fingerprint density at radius 1 is 1.27 bits per heavy atom. The van der Waals surface area contributed by atoms with Gasteiger partial charge in [-0.1, -0.05) is 0 Å². The normalized spacial score (nSPS) is 15.3. The highest BCUT2D eigenvalue weighted by molar-refractivity contribution is 7.10. The van der Waals surface area contributed by atoms with E-state index in [0.717, 1.165) is 5.69 Å². The van der Waals surface area contributed by atoms with Crippen molar-refractivity contribution in [2.75, 3.05) is 5.73 Å². The summed E-state index contributed by atoms with van der Waals surface area (Å²) < 4.78 is 0. The van der Waals surface area contributed by atoms with Gasteiger partial charge in [0, 0.05) is 15.9 Å². The van der Waals surface area contributed by atoms with Crippen molar-refractivity contribution in [3.63, 3.8) is 0 Å². The summed E-state index contributed by atoms with van der Waals surface area (Å²) in [6, 6.07) is 0. The maximum absolute atomic E-state index is 5.77. The molecule has 0 spiro atoms. The molecule has 0 amide bonds. The Morgan fingerprint density at radius 3 is 2.73 bits per heavy atom. The smallest absolute Gasteiger partial charge is 0.0458 e. The summed E-state index contributed by atoms with van der Waals surface area (Å²) >= 11 is 1.83. The number of rotatable bonds is 0. The van der Waals surface area contributed by atoms with Gasteiger partial charge in [-0.3, -0.25) is 0 Å². The number of halogens is 1. The molecule has 62 valence electrons. The van der Waals surface area contributed by atoms with Crippen molar-refractivity contribution >= 4 is 29.4 Å². The Hall–Kier alpha value is -0.210. The van der Waals surface area contributed by atoms with E-state index in [1.165, 1.54) is 36.1 Å². The average molecular weight is 190 g/mol. The Labute approximate surface area is 77.0 Å². The van der Waals surface area contributed by atoms with Crippen molar-refractivity contribution in [1.82, 2.24) is 0 Å². The van der Waals surface area contributed by atoms with E-state index in [4.69, 9.17) is 5.73 Å². The maximum atomic E-state index is 5.77. The van der Waals surface area contributed by atoms with Gasteiger partial charge in [-0.15, -0.1) is 23.7 Å². The van der Waals surface area contributed by atoms with Gasteiger partial charge in [0.05, 0.1) is 0 Å². The number of nitrogen functional groups attached to an aromatic ring is 1. The predicted molar refractivity (Wildman–Crippen MR) is 52.6 cm³/mol. The Balaban J connectivity index is 0.000000605. The molecule has 3 heteroatoms. The molecule has 0 aliphatic heterocycles. The second-order valence-electron chi connectivity index (χ2n) is 2.80. The van der Waals surface area contributed by atoms with E-state index in [1.54, 1.807) is 0 Å². The van der Waals surface area contributed by atoms with Gasteiger partial charge < -0.3 is 5.73 Å². The molecule has 1 aromatic heterocycles. The zero-order valence-corrected chi connectivity index (χ0v) is 7.93. The first-order valence-corrected chi connectivity index (χ1v) is 4.60. The molecular weight excluding hydrogens is 178 g/mol. The highest BCUT2D eigenvalue weighted by atomic mass is 35.5. The van der Waals surface area contributed by atoms with Crippen LogP contribution in [0.5, 0.6) is 0 Å². The number of nitrogens with two attached hydrogens (primary N) is 1. The van der Waals surface area contributed by atoms with Crippen LogP contribution < -0.4 is 5.73 Å². The van der Waals surface area contributed by atoms with E-state index < -0.39 is 0 Å². The first-order chi connectivity index (χ1) is 4.88. The van der Waals surface area contributed by atoms with Gasteiger partial charge in [0.2, 0.25) is 0 Å². The molecule has 0 fully saturated rings. The number of aryl methyl sites for hydroxylation is 1. The van der Waals surface area contributed by atoms with Gasteiger partial charge in [-0.25, -0.2) is 0 Å². The van der Waals surface area contributed by atoms with Crippen LogP contribution in [-0.2, 0) is 12.8 Å². The summed E-state index contributed by atoms with van der Waals surface area (Å²) in [6.07, 6.45) is 5.16. The fourth-order valence-electron chi connectivity index (χ4n) is 1.52. The first kappa shape index (κ1) is 8.88. The number of thiophene rings is 1. The highest BCUT2D eigenvalue weighted by Crippen LogP contribution is 2.31. The molecule has 0 atom stereocenters. The minimum absolute atomic E-state index is 0. The van der Waals surface area contributed by atoms with Crippen molar-refractivity contribution in [2.45, 2.75) is 25.7 Å². The van der Waals surface area contributed by atoms with E-state index >= 15 is 0 Å². The lowest BCUT2D eigenvalue weighted by Crippen LogP contribution is -2.00. The molecule has 1 nitrogen and oxygen atoms in total. The lowest BCUT2D eigenvalue weighted by atomic mass is 9.98. The minimum atomic E-state index is 0. The van der Waals surface area contributed by atoms with Crippen LogP contribution in [0.1, 0.15) is 23.3 Å². The van der Waals surface area contributed by atoms with Crippen LogP contribution in [-0.4, -0.2) is 0 Å². The summed E-state index contributed by atoms with van der Waals surface area (Å²) in [5.74, 6) is 0. The average Bonchev–Trinajstić information content (AvgIpc) is 2.34. The molecule has 0 aromatic carbocycles. The Bertz CT molecular complexity index is 244. The molecule has 11 heavy (non-hydrogen) atoms. The third kappa shape index (κ3) is 1.52. The number of hydrogen-bond donors (Lipinski definition) is 1. The number of hydrogen-bond acceptors (Lipinski definition) is 2. The minimum Gasteiger partial charge on any atom is -0.398 e. The first-order valence-electron chi connectivity index (χ1n) is 3.72. The quantitative estimate of drug-likeness (QED) is 0.667. The fraction of sp³-hybridized carbons (Fsp3) is 0.500. The number of fused-ring (bicyclic) bond motifs is 1. The highest BCUT2D eigenvalue weighted by Gasteiger charge is 2.12. The zero-order valence-electron chi connectivity index (χ0n) is 6.30. The molecule has 0 saturated heterocycles. The molecule has 1 aliphatic carbocycles. The van der Waals surface area contributed by atoms with Crippen molar-refractivity contribution in [2.24, 2.45) is 0 Å². The number of anilines is 1. The third-order valence-corrected chi connectivity index (χ3v) is 3.20. The van der Waals surface area contributed by atoms with E-state index in [-0.39, 0.29) is 12.4 Å². The topological polar surface area (TPSA) is 26.0 Å². The lowest BCUT2D eigenvalue weighted by Gasteiger charge is -2.10. The van der Waals surface area contributed by atoms with Gasteiger partial charge in [-0.2, -0.15) is 0 Å². The molecule has 2 rings (SSSR count). The molecular formula is C8H12ClNS. The Kier molecular flexibility index (Phi) is 2.79. The molecule has 0 radical (unpaired) electrons. The summed E-state index contributed by atoms with van der Waals surface area (Å²) in [5, 5.41) is 2.08. The van der Waals surface area contributed by atoms with E-state index in [9.17, 15) is 0 Å². The van der Waals surface area contributed by atoms with Crippen molar-refractivity contribution in [3.8, 4) is 0 Å². The molecule has 0 saturated carbocycles. The van der Waals surface area contributed by atoms with Crippen LogP contribution >= 0.6 is 23.7 Å². The molecule has 1 heterocycles. The summed E-state index contributed by atoms with van der Waals surface area (Å²) in [7, 11) is 0. The van der Waals surface area contributed by atoms with E-state index in [2.05, 4.69) is 5.38 Å². The molecule has 1 aliphatic rings. The van der Waals surface area contributed by atoms with Gasteiger partial charge in [-0.05, 0) is 31.2 Å². The maximum Gasteiger partial charge on any atom is 0.0458 e. The lowest BCUT2D eigenvalue weighted by molar-refractivity contribution is 0.698. The van der Waals surface area contributed by atoms with Crippen molar-refractivity contribution in [1.29, 1.82) is 0 Å². The van der Waals surface area contributed by atoms with Crippen molar-refractivity contribution < 1.29 is 0 Å². The van der Waals surface area contributed by atoms with Gasteiger partial charge in [0.1, 0.15) is 0 Å². The van der Waals surface area contributed by atoms with E-state index in [1.807, 2.05) is 11.3 Å². The second-order valence-corrected chi connectivity index (χ2v) is 3.76. The van der Waals surface area contributed by atoms with Crippen LogP contribution in [0.3, 0.4) is 0 Å². The van der Waals surface area contributed by atoms with Gasteiger partial charge in [0.25, 0.3) is 0 Å². The SMILES string of the molecule is Cl.Nc1csc2c1CCCC2. The zero-order chi connectivity index (χ0) is 6.97. The summed E-state index contributed by atoms with van der Waals surface area (Å²) in [6.45, 7) is 0. The van der Waals surface area contributed by atoms with Gasteiger partial charge >= 0.3 is 0 Å². The van der Waals surface area contributed by atoms with E-state index in [0.29, 0.717) is 0 Å². The van der Waals surface area contributed by atoms with Crippen LogP contribution in [0.4, 0.5) is 5.69 Å². The molecule has 2 N–H and O–H groups in total. The summed E-state index contributed by atoms with van der Waals surface area (Å²) in [4.78, 5) is 1.53. The molecule has 0 bridgehead atoms. The second kappa shape index (κ2) is 3.46. The van der Waals surface area contributed by atoms with Crippen LogP contribution in [0.25, 0.3) is 0 Å². The monoisotopic (exact) mass is 189 g/mol. The predicted octanol–water partition coefficient (Wildman–Crippen LogP) is 2.63. The largest absolute Gasteiger partial charge is 0.398 e. The Morgan fingerprint density at radius 2 is 2.00 bits per heavy atom. The van der Waals surface area contributed by atoms with Crippen molar-refractivity contribution in [3.05, 3.63) is 15.8 Å². The van der Waals surface area contributed by atoms with Crippen LogP contribution in [0.15, 0.2) is 5.38 Å². The molecule has 1 aromatic rings. The van der Waals surface area contributed by atoms with Crippen LogP contribution in [0, 0.1) is 0 Å².